The fourth-order valence-corrected chi connectivity index (χ4v) is 3.37. The van der Waals surface area contributed by atoms with Gasteiger partial charge in [-0.1, -0.05) is 12.1 Å². The molecule has 0 aromatic heterocycles. The Morgan fingerprint density at radius 1 is 1.23 bits per heavy atom. The number of nitrogens with zero attached hydrogens (tertiary/aromatic N) is 1. The first kappa shape index (κ1) is 15.4. The average Bonchev–Trinajstić information content (AvgIpc) is 2.97. The highest BCUT2D eigenvalue weighted by Gasteiger charge is 2.29. The number of hydrogen-bond acceptors (Lipinski definition) is 4. The van der Waals surface area contributed by atoms with Gasteiger partial charge in [0.25, 0.3) is 0 Å². The molecule has 2 unspecified atom stereocenters. The lowest BCUT2D eigenvalue weighted by molar-refractivity contribution is -0.123. The van der Waals surface area contributed by atoms with Crippen LogP contribution in [0, 0.1) is 11.7 Å². The van der Waals surface area contributed by atoms with Crippen LogP contribution in [0.2, 0.25) is 0 Å². The van der Waals surface area contributed by atoms with Crippen LogP contribution in [-0.2, 0) is 4.79 Å². The number of benzene rings is 1. The van der Waals surface area contributed by atoms with E-state index in [4.69, 9.17) is 5.73 Å². The molecule has 2 heterocycles. The van der Waals surface area contributed by atoms with Crippen molar-refractivity contribution < 1.29 is 9.18 Å². The van der Waals surface area contributed by atoms with Crippen LogP contribution in [0.4, 0.5) is 4.39 Å². The van der Waals surface area contributed by atoms with Gasteiger partial charge in [0.15, 0.2) is 0 Å². The molecule has 2 fully saturated rings. The second-order valence-electron chi connectivity index (χ2n) is 6.30. The van der Waals surface area contributed by atoms with Gasteiger partial charge in [-0.25, -0.2) is 9.82 Å². The summed E-state index contributed by atoms with van der Waals surface area (Å²) in [6.07, 6.45) is 2.69. The summed E-state index contributed by atoms with van der Waals surface area (Å²) in [5.74, 6) is -0.335. The predicted molar refractivity (Wildman–Crippen MR) is 82.2 cm³/mol. The highest BCUT2D eigenvalue weighted by molar-refractivity contribution is 5.76. The van der Waals surface area contributed by atoms with Crippen LogP contribution in [0.15, 0.2) is 24.3 Å². The molecule has 4 N–H and O–H groups in total. The van der Waals surface area contributed by atoms with E-state index in [0.29, 0.717) is 6.04 Å². The van der Waals surface area contributed by atoms with E-state index >= 15 is 0 Å². The standard InChI is InChI=1S/C16H23FN4O/c17-13-3-1-11(2-4-13)15-9-14(19-20-15)10-21-7-5-12(6-8-21)16(18)22/h1-4,12,14-15,19-20H,5-10H2,(H2,18,22). The molecular weight excluding hydrogens is 283 g/mol. The summed E-state index contributed by atoms with van der Waals surface area (Å²) >= 11 is 0. The van der Waals surface area contributed by atoms with Crippen molar-refractivity contribution in [2.24, 2.45) is 11.7 Å². The molecule has 120 valence electrons. The molecule has 2 aliphatic heterocycles. The molecular formula is C16H23FN4O. The average molecular weight is 306 g/mol. The van der Waals surface area contributed by atoms with E-state index in [1.807, 2.05) is 12.1 Å². The second kappa shape index (κ2) is 6.73. The Morgan fingerprint density at radius 2 is 1.91 bits per heavy atom. The van der Waals surface area contributed by atoms with Crippen LogP contribution in [0.3, 0.4) is 0 Å². The first-order chi connectivity index (χ1) is 10.6. The summed E-state index contributed by atoms with van der Waals surface area (Å²) in [4.78, 5) is 13.6. The third kappa shape index (κ3) is 3.63. The van der Waals surface area contributed by atoms with E-state index in [0.717, 1.165) is 44.5 Å². The van der Waals surface area contributed by atoms with Gasteiger partial charge in [-0.3, -0.25) is 10.2 Å². The van der Waals surface area contributed by atoms with E-state index < -0.39 is 0 Å². The summed E-state index contributed by atoms with van der Waals surface area (Å²) < 4.78 is 13.0. The van der Waals surface area contributed by atoms with Crippen molar-refractivity contribution in [2.75, 3.05) is 19.6 Å². The van der Waals surface area contributed by atoms with Gasteiger partial charge in [0.05, 0.1) is 0 Å². The van der Waals surface area contributed by atoms with Gasteiger partial charge in [-0.05, 0) is 50.0 Å². The number of nitrogens with two attached hydrogens (primary N) is 1. The van der Waals surface area contributed by atoms with Crippen molar-refractivity contribution in [3.8, 4) is 0 Å². The normalized spacial score (nSPS) is 27.1. The van der Waals surface area contributed by atoms with Gasteiger partial charge in [0, 0.05) is 24.5 Å². The number of hydrazine groups is 1. The minimum Gasteiger partial charge on any atom is -0.369 e. The van der Waals surface area contributed by atoms with Crippen LogP contribution < -0.4 is 16.6 Å². The molecule has 1 aromatic rings. The number of carbonyl (C=O) groups is 1. The van der Waals surface area contributed by atoms with Crippen molar-refractivity contribution in [1.29, 1.82) is 0 Å². The highest BCUT2D eigenvalue weighted by Crippen LogP contribution is 2.24. The summed E-state index contributed by atoms with van der Waals surface area (Å²) in [5.41, 5.74) is 13.1. The SMILES string of the molecule is NC(=O)C1CCN(CC2CC(c3ccc(F)cc3)NN2)CC1. The molecule has 2 saturated heterocycles. The van der Waals surface area contributed by atoms with Crippen LogP contribution in [0.1, 0.15) is 30.9 Å². The number of rotatable bonds is 4. The number of hydrogen-bond donors (Lipinski definition) is 3. The summed E-state index contributed by atoms with van der Waals surface area (Å²) in [6, 6.07) is 7.23. The fraction of sp³-hybridized carbons (Fsp3) is 0.562. The first-order valence-electron chi connectivity index (χ1n) is 7.90. The van der Waals surface area contributed by atoms with Crippen molar-refractivity contribution >= 4 is 5.91 Å². The van der Waals surface area contributed by atoms with Crippen molar-refractivity contribution in [2.45, 2.75) is 31.3 Å². The largest absolute Gasteiger partial charge is 0.369 e. The lowest BCUT2D eigenvalue weighted by atomic mass is 9.95. The summed E-state index contributed by atoms with van der Waals surface area (Å²) in [7, 11) is 0. The van der Waals surface area contributed by atoms with Crippen molar-refractivity contribution in [3.63, 3.8) is 0 Å². The maximum atomic E-state index is 13.0. The molecule has 0 bridgehead atoms. The monoisotopic (exact) mass is 306 g/mol. The van der Waals surface area contributed by atoms with Gasteiger partial charge < -0.3 is 10.6 Å². The Kier molecular flexibility index (Phi) is 4.71. The second-order valence-corrected chi connectivity index (χ2v) is 6.30. The van der Waals surface area contributed by atoms with Crippen LogP contribution in [0.5, 0.6) is 0 Å². The Hall–Kier alpha value is -1.50. The van der Waals surface area contributed by atoms with Gasteiger partial charge in [-0.15, -0.1) is 0 Å². The lowest BCUT2D eigenvalue weighted by Crippen LogP contribution is -2.45. The van der Waals surface area contributed by atoms with Crippen LogP contribution in [-0.4, -0.2) is 36.5 Å². The number of amides is 1. The topological polar surface area (TPSA) is 70.4 Å². The minimum atomic E-state index is -0.205. The quantitative estimate of drug-likeness (QED) is 0.774. The molecule has 3 rings (SSSR count). The van der Waals surface area contributed by atoms with E-state index in [1.165, 1.54) is 12.1 Å². The molecule has 6 heteroatoms. The number of nitrogens with one attached hydrogen (secondary N) is 2. The van der Waals surface area contributed by atoms with Crippen molar-refractivity contribution in [3.05, 3.63) is 35.6 Å². The third-order valence-corrected chi connectivity index (χ3v) is 4.72. The van der Waals surface area contributed by atoms with Crippen molar-refractivity contribution in [1.82, 2.24) is 15.8 Å². The number of likely N-dealkylation sites (tertiary alicyclic amines) is 1. The Bertz CT molecular complexity index is 513. The zero-order valence-corrected chi connectivity index (χ0v) is 12.6. The van der Waals surface area contributed by atoms with Gasteiger partial charge in [0.2, 0.25) is 5.91 Å². The zero-order chi connectivity index (χ0) is 15.5. The Labute approximate surface area is 130 Å². The molecule has 0 aliphatic carbocycles. The van der Waals surface area contributed by atoms with Gasteiger partial charge in [-0.2, -0.15) is 0 Å². The van der Waals surface area contributed by atoms with Crippen LogP contribution in [0.25, 0.3) is 0 Å². The number of primary amides is 1. The third-order valence-electron chi connectivity index (χ3n) is 4.72. The van der Waals surface area contributed by atoms with Crippen LogP contribution >= 0.6 is 0 Å². The maximum Gasteiger partial charge on any atom is 0.220 e. The molecule has 0 saturated carbocycles. The molecule has 1 amide bonds. The van der Waals surface area contributed by atoms with Gasteiger partial charge >= 0.3 is 0 Å². The fourth-order valence-electron chi connectivity index (χ4n) is 3.37. The van der Waals surface area contributed by atoms with Gasteiger partial charge in [0.1, 0.15) is 5.82 Å². The van der Waals surface area contributed by atoms with E-state index in [1.54, 1.807) is 0 Å². The number of piperidine rings is 1. The molecule has 0 radical (unpaired) electrons. The maximum absolute atomic E-state index is 13.0. The smallest absolute Gasteiger partial charge is 0.220 e. The molecule has 0 spiro atoms. The Morgan fingerprint density at radius 3 is 2.55 bits per heavy atom. The zero-order valence-electron chi connectivity index (χ0n) is 12.6. The van der Waals surface area contributed by atoms with E-state index in [9.17, 15) is 9.18 Å². The number of halogens is 1. The molecule has 2 aliphatic rings. The molecule has 5 nitrogen and oxygen atoms in total. The number of carbonyl (C=O) groups excluding carboxylic acids is 1. The Balaban J connectivity index is 1.47. The minimum absolute atomic E-state index is 0.0397. The van der Waals surface area contributed by atoms with E-state index in [2.05, 4.69) is 15.8 Å². The van der Waals surface area contributed by atoms with E-state index in [-0.39, 0.29) is 23.7 Å². The highest BCUT2D eigenvalue weighted by atomic mass is 19.1. The summed E-state index contributed by atoms with van der Waals surface area (Å²) in [6.45, 7) is 2.80. The summed E-state index contributed by atoms with van der Waals surface area (Å²) in [5, 5.41) is 0. The lowest BCUT2D eigenvalue weighted by Gasteiger charge is -2.32. The first-order valence-corrected chi connectivity index (χ1v) is 7.90. The molecule has 1 aromatic carbocycles. The predicted octanol–water partition coefficient (Wildman–Crippen LogP) is 0.931. The molecule has 22 heavy (non-hydrogen) atoms. The molecule has 2 atom stereocenters.